The summed E-state index contributed by atoms with van der Waals surface area (Å²) in [5.74, 6) is 5.65. The first-order chi connectivity index (χ1) is 26.6. The van der Waals surface area contributed by atoms with Crippen molar-refractivity contribution in [1.29, 1.82) is 0 Å². The molecular weight excluding hydrogens is 721 g/mol. The van der Waals surface area contributed by atoms with Crippen molar-refractivity contribution in [2.24, 2.45) is 0 Å². The number of likely N-dealkylation sites (tertiary alicyclic amines) is 1. The van der Waals surface area contributed by atoms with E-state index in [9.17, 15) is 24.6 Å². The third kappa shape index (κ3) is 10.6. The number of carbonyl (C=O) groups excluding carboxylic acids is 2. The Hall–Kier alpha value is -4.62. The number of phenolic OH excluding ortho intramolecular Hbond substituents is 1. The molecule has 2 amide bonds. The van der Waals surface area contributed by atoms with Gasteiger partial charge in [0.25, 0.3) is 5.91 Å². The number of morpholine rings is 1. The van der Waals surface area contributed by atoms with Crippen molar-refractivity contribution in [2.45, 2.75) is 50.9 Å². The number of amides is 2. The number of hydrogen-bond acceptors (Lipinski definition) is 11. The summed E-state index contributed by atoms with van der Waals surface area (Å²) < 4.78 is 12.1. The maximum Gasteiger partial charge on any atom is 0.273 e. The van der Waals surface area contributed by atoms with Crippen LogP contribution >= 0.6 is 11.3 Å². The number of nitrogens with zero attached hydrogens (tertiary/aromatic N) is 4. The zero-order valence-electron chi connectivity index (χ0n) is 31.5. The lowest BCUT2D eigenvalue weighted by Gasteiger charge is -2.47. The molecule has 2 aliphatic rings. The second kappa shape index (κ2) is 18.8. The number of phenols is 1. The molecule has 2 saturated heterocycles. The lowest BCUT2D eigenvalue weighted by molar-refractivity contribution is -0.131. The maximum absolute atomic E-state index is 13.2. The number of aliphatic hydroxyl groups is 1. The van der Waals surface area contributed by atoms with Gasteiger partial charge in [0, 0.05) is 69.7 Å². The van der Waals surface area contributed by atoms with Crippen LogP contribution in [0.4, 0.5) is 0 Å². The van der Waals surface area contributed by atoms with E-state index in [1.54, 1.807) is 36.4 Å². The minimum atomic E-state index is -0.866. The predicted molar refractivity (Wildman–Crippen MR) is 211 cm³/mol. The van der Waals surface area contributed by atoms with Gasteiger partial charge < -0.3 is 39.8 Å². The zero-order chi connectivity index (χ0) is 38.8. The molecule has 0 bridgehead atoms. The molecule has 14 heteroatoms. The molecule has 2 aliphatic heterocycles. The number of H-pyrrole nitrogens is 1. The normalized spacial score (nSPS) is 16.2. The number of aliphatic hydroxyl groups excluding tert-OH is 1. The van der Waals surface area contributed by atoms with E-state index in [4.69, 9.17) is 9.47 Å². The van der Waals surface area contributed by atoms with Crippen LogP contribution in [-0.4, -0.2) is 125 Å². The van der Waals surface area contributed by atoms with Gasteiger partial charge in [0.2, 0.25) is 11.5 Å². The molecule has 4 N–H and O–H groups in total. The molecule has 2 aromatic carbocycles. The number of benzene rings is 2. The van der Waals surface area contributed by atoms with Crippen LogP contribution in [0.15, 0.2) is 58.7 Å². The topological polar surface area (TPSA) is 161 Å². The smallest absolute Gasteiger partial charge is 0.273 e. The van der Waals surface area contributed by atoms with Crippen molar-refractivity contribution in [3.8, 4) is 17.6 Å². The van der Waals surface area contributed by atoms with Gasteiger partial charge in [-0.15, -0.1) is 11.3 Å². The molecule has 13 nitrogen and oxygen atoms in total. The van der Waals surface area contributed by atoms with Crippen molar-refractivity contribution in [1.82, 2.24) is 30.0 Å². The molecular formula is C41H50N6O7S. The van der Waals surface area contributed by atoms with Gasteiger partial charge in [-0.3, -0.25) is 19.3 Å². The van der Waals surface area contributed by atoms with E-state index in [1.807, 2.05) is 4.90 Å². The third-order valence-corrected chi connectivity index (χ3v) is 11.1. The quantitative estimate of drug-likeness (QED) is 0.104. The lowest BCUT2D eigenvalue weighted by Crippen LogP contribution is -2.58. The van der Waals surface area contributed by atoms with Crippen molar-refractivity contribution in [2.75, 3.05) is 72.7 Å². The Kier molecular flexibility index (Phi) is 13.7. The Bertz CT molecular complexity index is 2060. The second-order valence-electron chi connectivity index (χ2n) is 14.2. The third-order valence-electron chi connectivity index (χ3n) is 10.3. The number of likely N-dealkylation sites (N-methyl/N-ethyl adjacent to an activating group) is 1. The Balaban J connectivity index is 0.855. The van der Waals surface area contributed by atoms with Crippen molar-refractivity contribution >= 4 is 34.1 Å². The van der Waals surface area contributed by atoms with E-state index in [0.717, 1.165) is 38.9 Å². The van der Waals surface area contributed by atoms with Gasteiger partial charge in [0.05, 0.1) is 50.0 Å². The number of fused-ring (bicyclic) bond motifs is 1. The van der Waals surface area contributed by atoms with Crippen LogP contribution in [0.25, 0.3) is 10.9 Å². The number of aromatic amines is 1. The van der Waals surface area contributed by atoms with E-state index in [1.165, 1.54) is 34.6 Å². The van der Waals surface area contributed by atoms with Gasteiger partial charge in [-0.05, 0) is 60.9 Å². The number of pyridine rings is 1. The number of carbonyl (C=O) groups is 2. The van der Waals surface area contributed by atoms with Gasteiger partial charge in [-0.25, -0.2) is 4.98 Å². The number of ether oxygens (including phenoxy) is 2. The summed E-state index contributed by atoms with van der Waals surface area (Å²) >= 11 is 1.40. The summed E-state index contributed by atoms with van der Waals surface area (Å²) in [5.41, 5.74) is 3.12. The van der Waals surface area contributed by atoms with Gasteiger partial charge in [-0.2, -0.15) is 0 Å². The molecule has 1 atom stereocenters. The molecule has 4 heterocycles. The van der Waals surface area contributed by atoms with Crippen LogP contribution in [0.2, 0.25) is 0 Å². The molecule has 2 aromatic heterocycles. The number of rotatable bonds is 15. The number of nitrogens with one attached hydrogen (secondary N) is 2. The number of thiazole rings is 1. The van der Waals surface area contributed by atoms with Crippen LogP contribution < -0.4 is 10.9 Å². The monoisotopic (exact) mass is 770 g/mol. The minimum Gasteiger partial charge on any atom is -0.506 e. The van der Waals surface area contributed by atoms with E-state index in [2.05, 4.69) is 56.3 Å². The molecule has 6 rings (SSSR count). The number of aromatic hydroxyl groups is 1. The molecule has 0 unspecified atom stereocenters. The van der Waals surface area contributed by atoms with Crippen LogP contribution in [0.3, 0.4) is 0 Å². The number of aromatic nitrogens is 2. The maximum atomic E-state index is 13.2. The second-order valence-corrected chi connectivity index (χ2v) is 15.1. The summed E-state index contributed by atoms with van der Waals surface area (Å²) in [4.78, 5) is 50.5. The number of hydrogen-bond donors (Lipinski definition) is 4. The van der Waals surface area contributed by atoms with Crippen LogP contribution in [0.1, 0.15) is 64.5 Å². The summed E-state index contributed by atoms with van der Waals surface area (Å²) in [7, 11) is 1.75. The number of piperidine rings is 1. The highest BCUT2D eigenvalue weighted by atomic mass is 32.1. The standard InChI is InChI=1S/C41H50N6O7S/c1-3-5-37-43-33(27-55-37)40(52)47-20-23-54-41(28-47)14-17-46(18-15-41)26-30-7-4-6-29(24-30)12-21-53-22-13-38(51)45(2)19-16-42-25-35(49)31-8-10-34(48)39-32(31)9-11-36(50)44-39/h4,6-11,24,27,35,42,48-49H,12-23,25-26,28H2,1-2H3,(H,44,50)/t35-/m0/s1. The van der Waals surface area contributed by atoms with Crippen LogP contribution in [-0.2, 0) is 27.2 Å². The Morgan fingerprint density at radius 1 is 1.15 bits per heavy atom. The summed E-state index contributed by atoms with van der Waals surface area (Å²) in [6.07, 6.45) is 1.90. The van der Waals surface area contributed by atoms with Gasteiger partial charge >= 0.3 is 0 Å². The highest BCUT2D eigenvalue weighted by Gasteiger charge is 2.41. The predicted octanol–water partition coefficient (Wildman–Crippen LogP) is 3.30. The Morgan fingerprint density at radius 3 is 2.78 bits per heavy atom. The molecule has 0 radical (unpaired) electrons. The fraction of sp³-hybridized carbons (Fsp3) is 0.463. The molecule has 0 saturated carbocycles. The van der Waals surface area contributed by atoms with Crippen molar-refractivity contribution < 1.29 is 29.3 Å². The van der Waals surface area contributed by atoms with E-state index < -0.39 is 6.10 Å². The Labute approximate surface area is 325 Å². The molecule has 2 fully saturated rings. The van der Waals surface area contributed by atoms with Crippen LogP contribution in [0, 0.1) is 11.8 Å². The fourth-order valence-electron chi connectivity index (χ4n) is 7.19. The van der Waals surface area contributed by atoms with E-state index >= 15 is 0 Å². The molecule has 55 heavy (non-hydrogen) atoms. The molecule has 292 valence electrons. The van der Waals surface area contributed by atoms with Gasteiger partial charge in [0.1, 0.15) is 11.4 Å². The lowest BCUT2D eigenvalue weighted by atomic mass is 9.89. The van der Waals surface area contributed by atoms with Gasteiger partial charge in [-0.1, -0.05) is 36.3 Å². The first kappa shape index (κ1) is 40.1. The van der Waals surface area contributed by atoms with Crippen molar-refractivity contribution in [3.05, 3.63) is 91.7 Å². The minimum absolute atomic E-state index is 0.0186. The first-order valence-corrected chi connectivity index (χ1v) is 19.7. The molecule has 4 aromatic rings. The molecule has 1 spiro atoms. The van der Waals surface area contributed by atoms with E-state index in [0.29, 0.717) is 67.7 Å². The average molecular weight is 771 g/mol. The first-order valence-electron chi connectivity index (χ1n) is 18.8. The van der Waals surface area contributed by atoms with Gasteiger partial charge in [0.15, 0.2) is 5.01 Å². The summed E-state index contributed by atoms with van der Waals surface area (Å²) in [5, 5.41) is 27.0. The zero-order valence-corrected chi connectivity index (χ0v) is 32.3. The average Bonchev–Trinajstić information content (AvgIpc) is 3.66. The Morgan fingerprint density at radius 2 is 1.96 bits per heavy atom. The van der Waals surface area contributed by atoms with E-state index in [-0.39, 0.29) is 47.2 Å². The summed E-state index contributed by atoms with van der Waals surface area (Å²) in [6, 6.07) is 14.6. The van der Waals surface area contributed by atoms with Crippen molar-refractivity contribution in [3.63, 3.8) is 0 Å². The largest absolute Gasteiger partial charge is 0.506 e. The van der Waals surface area contributed by atoms with Crippen LogP contribution in [0.5, 0.6) is 5.75 Å². The molecule has 0 aliphatic carbocycles. The highest BCUT2D eigenvalue weighted by Crippen LogP contribution is 2.32. The summed E-state index contributed by atoms with van der Waals surface area (Å²) in [6.45, 7) is 8.13. The fourth-order valence-corrected chi connectivity index (χ4v) is 7.88. The highest BCUT2D eigenvalue weighted by molar-refractivity contribution is 7.10. The SMILES string of the molecule is CC#Cc1nc(C(=O)N2CCOC3(CCN(Cc4cccc(CCOCCC(=O)N(C)CCNC[C@H](O)c5ccc(O)c6[nH]c(=O)ccc56)c4)CC3)C2)cs1.